The molecule has 0 saturated carbocycles. The fraction of sp³-hybridized carbons (Fsp3) is 0.111. The highest BCUT2D eigenvalue weighted by Crippen LogP contribution is 2.23. The Morgan fingerprint density at radius 2 is 2.06 bits per heavy atom. The van der Waals surface area contributed by atoms with E-state index in [4.69, 9.17) is 4.55 Å². The second-order valence-corrected chi connectivity index (χ2v) is 4.09. The van der Waals surface area contributed by atoms with Crippen LogP contribution in [0.3, 0.4) is 0 Å². The Bertz CT molecular complexity index is 508. The molecule has 6 nitrogen and oxygen atoms in total. The van der Waals surface area contributed by atoms with E-state index in [-0.39, 0.29) is 10.6 Å². The molecule has 0 bridgehead atoms. The molecule has 0 spiro atoms. The average molecular weight is 242 g/mol. The summed E-state index contributed by atoms with van der Waals surface area (Å²) >= 11 is 0. The molecule has 0 atom stereocenters. The molecular weight excluding hydrogens is 232 g/mol. The van der Waals surface area contributed by atoms with Gasteiger partial charge in [-0.15, -0.1) is 5.11 Å². The second kappa shape index (κ2) is 5.38. The number of benzene rings is 1. The molecule has 0 amide bonds. The largest absolute Gasteiger partial charge is 0.348 e. The molecule has 0 heterocycles. The van der Waals surface area contributed by atoms with E-state index in [1.807, 2.05) is 0 Å². The maximum atomic E-state index is 10.9. The molecule has 0 aromatic heterocycles. The van der Waals surface area contributed by atoms with E-state index in [2.05, 4.69) is 15.2 Å². The third kappa shape index (κ3) is 3.44. The molecule has 0 aliphatic rings. The highest BCUT2D eigenvalue weighted by molar-refractivity contribution is 7.86. The van der Waals surface area contributed by atoms with Gasteiger partial charge in [0.25, 0.3) is 10.1 Å². The number of allylic oxidation sites excluding steroid dienone is 1. The molecule has 0 fully saturated rings. The Morgan fingerprint density at radius 1 is 1.38 bits per heavy atom. The van der Waals surface area contributed by atoms with Crippen LogP contribution in [0.1, 0.15) is 6.92 Å². The van der Waals surface area contributed by atoms with E-state index in [0.717, 1.165) is 0 Å². The summed E-state index contributed by atoms with van der Waals surface area (Å²) in [5.74, 6) is 0. The first kappa shape index (κ1) is 12.3. The monoisotopic (exact) mass is 242 g/mol. The van der Waals surface area contributed by atoms with Crippen molar-refractivity contribution in [3.05, 3.63) is 36.6 Å². The number of rotatable bonds is 4. The van der Waals surface area contributed by atoms with Gasteiger partial charge in [0.1, 0.15) is 16.8 Å². The molecule has 86 valence electrons. The van der Waals surface area contributed by atoms with Crippen molar-refractivity contribution >= 4 is 15.8 Å². The first-order chi connectivity index (χ1) is 7.55. The zero-order valence-corrected chi connectivity index (χ0v) is 9.26. The zero-order valence-electron chi connectivity index (χ0n) is 8.44. The van der Waals surface area contributed by atoms with Crippen molar-refractivity contribution in [1.82, 2.24) is 0 Å². The fourth-order valence-corrected chi connectivity index (χ4v) is 1.54. The van der Waals surface area contributed by atoms with Crippen molar-refractivity contribution < 1.29 is 17.8 Å². The van der Waals surface area contributed by atoms with Gasteiger partial charge in [-0.3, -0.25) is 4.55 Å². The maximum absolute atomic E-state index is 10.9. The molecule has 16 heavy (non-hydrogen) atoms. The van der Waals surface area contributed by atoms with Gasteiger partial charge in [-0.1, -0.05) is 12.1 Å². The molecule has 1 rings (SSSR count). The van der Waals surface area contributed by atoms with Gasteiger partial charge in [-0.25, -0.2) is 0 Å². The van der Waals surface area contributed by atoms with Crippen LogP contribution in [0, 0.1) is 0 Å². The summed E-state index contributed by atoms with van der Waals surface area (Å²) in [5.41, 5.74) is 0.00880. The minimum Gasteiger partial charge on any atom is -0.348 e. The standard InChI is InChI=1S/C9H10N2O4S/c1-2-7-15-11-10-8-5-3-4-6-9(8)16(12,13)14/h2-7H,1H3,(H,12,13,14). The minimum atomic E-state index is -4.30. The Balaban J connectivity index is 3.01. The van der Waals surface area contributed by atoms with E-state index in [1.54, 1.807) is 19.1 Å². The van der Waals surface area contributed by atoms with Crippen molar-refractivity contribution in [1.29, 1.82) is 0 Å². The third-order valence-electron chi connectivity index (χ3n) is 1.54. The predicted molar refractivity (Wildman–Crippen MR) is 56.7 cm³/mol. The van der Waals surface area contributed by atoms with Crippen LogP contribution in [0.25, 0.3) is 0 Å². The third-order valence-corrected chi connectivity index (χ3v) is 2.44. The lowest BCUT2D eigenvalue weighted by molar-refractivity contribution is 0.242. The van der Waals surface area contributed by atoms with Crippen LogP contribution in [-0.2, 0) is 15.0 Å². The van der Waals surface area contributed by atoms with Crippen LogP contribution in [0.5, 0.6) is 0 Å². The summed E-state index contributed by atoms with van der Waals surface area (Å²) in [7, 11) is -4.30. The first-order valence-electron chi connectivity index (χ1n) is 4.30. The Hall–Kier alpha value is -1.73. The van der Waals surface area contributed by atoms with E-state index < -0.39 is 10.1 Å². The molecule has 1 aromatic carbocycles. The maximum Gasteiger partial charge on any atom is 0.296 e. The van der Waals surface area contributed by atoms with Crippen molar-refractivity contribution in [3.8, 4) is 0 Å². The summed E-state index contributed by atoms with van der Waals surface area (Å²) in [6.45, 7) is 1.72. The topological polar surface area (TPSA) is 88.3 Å². The number of hydrogen-bond donors (Lipinski definition) is 1. The van der Waals surface area contributed by atoms with Gasteiger partial charge >= 0.3 is 0 Å². The van der Waals surface area contributed by atoms with Crippen LogP contribution in [0.4, 0.5) is 5.69 Å². The van der Waals surface area contributed by atoms with Gasteiger partial charge < -0.3 is 4.84 Å². The molecule has 0 unspecified atom stereocenters. The van der Waals surface area contributed by atoms with Crippen LogP contribution >= 0.6 is 0 Å². The molecule has 0 aliphatic carbocycles. The number of hydrogen-bond acceptors (Lipinski definition) is 5. The summed E-state index contributed by atoms with van der Waals surface area (Å²) in [6, 6.07) is 5.65. The van der Waals surface area contributed by atoms with Gasteiger partial charge in [0.2, 0.25) is 0 Å². The number of nitrogens with zero attached hydrogens (tertiary/aromatic N) is 2. The molecule has 7 heteroatoms. The first-order valence-corrected chi connectivity index (χ1v) is 5.74. The molecular formula is C9H10N2O4S. The SMILES string of the molecule is CC=CON=Nc1ccccc1S(=O)(=O)O. The Morgan fingerprint density at radius 3 is 2.69 bits per heavy atom. The highest BCUT2D eigenvalue weighted by Gasteiger charge is 2.14. The summed E-state index contributed by atoms with van der Waals surface area (Å²) in [5, 5.41) is 6.79. The van der Waals surface area contributed by atoms with Gasteiger partial charge in [-0.2, -0.15) is 8.42 Å². The van der Waals surface area contributed by atoms with E-state index in [0.29, 0.717) is 0 Å². The second-order valence-electron chi connectivity index (χ2n) is 2.70. The van der Waals surface area contributed by atoms with E-state index in [9.17, 15) is 8.42 Å². The van der Waals surface area contributed by atoms with Crippen LogP contribution < -0.4 is 0 Å². The van der Waals surface area contributed by atoms with Gasteiger partial charge in [0, 0.05) is 5.28 Å². The molecule has 1 N–H and O–H groups in total. The summed E-state index contributed by atoms with van der Waals surface area (Å²) in [6.07, 6.45) is 2.87. The lowest BCUT2D eigenvalue weighted by Gasteiger charge is -1.99. The normalized spacial score (nSPS) is 12.4. The summed E-state index contributed by atoms with van der Waals surface area (Å²) in [4.78, 5) is 4.24. The zero-order chi connectivity index (χ0) is 12.0. The predicted octanol–water partition coefficient (Wildman–Crippen LogP) is 2.48. The Labute approximate surface area is 93.0 Å². The average Bonchev–Trinajstić information content (AvgIpc) is 2.24. The van der Waals surface area contributed by atoms with Crippen molar-refractivity contribution in [2.75, 3.05) is 0 Å². The van der Waals surface area contributed by atoms with Gasteiger partial charge in [-0.05, 0) is 25.1 Å². The molecule has 0 radical (unpaired) electrons. The van der Waals surface area contributed by atoms with Crippen LogP contribution in [-0.4, -0.2) is 13.0 Å². The molecule has 1 aromatic rings. The van der Waals surface area contributed by atoms with Crippen LogP contribution in [0.2, 0.25) is 0 Å². The highest BCUT2D eigenvalue weighted by atomic mass is 32.2. The van der Waals surface area contributed by atoms with Gasteiger partial charge in [0.05, 0.1) is 0 Å². The van der Waals surface area contributed by atoms with Crippen molar-refractivity contribution in [3.63, 3.8) is 0 Å². The smallest absolute Gasteiger partial charge is 0.296 e. The fourth-order valence-electron chi connectivity index (χ4n) is 0.914. The Kier molecular flexibility index (Phi) is 4.15. The van der Waals surface area contributed by atoms with E-state index in [1.165, 1.54) is 24.5 Å². The molecule has 0 saturated heterocycles. The lowest BCUT2D eigenvalue weighted by atomic mass is 10.3. The van der Waals surface area contributed by atoms with Crippen molar-refractivity contribution in [2.45, 2.75) is 11.8 Å². The lowest BCUT2D eigenvalue weighted by Crippen LogP contribution is -1.97. The minimum absolute atomic E-state index is 0.00880. The molecule has 0 aliphatic heterocycles. The quantitative estimate of drug-likeness (QED) is 0.380. The van der Waals surface area contributed by atoms with Crippen LogP contribution in [0.15, 0.2) is 51.9 Å². The van der Waals surface area contributed by atoms with E-state index >= 15 is 0 Å². The summed E-state index contributed by atoms with van der Waals surface area (Å²) < 4.78 is 30.8. The van der Waals surface area contributed by atoms with Crippen molar-refractivity contribution in [2.24, 2.45) is 10.4 Å². The van der Waals surface area contributed by atoms with Gasteiger partial charge in [0.15, 0.2) is 0 Å².